The Morgan fingerprint density at radius 3 is 2.09 bits per heavy atom. The molecule has 3 nitrogen and oxygen atoms in total. The number of hydrogen-bond donors (Lipinski definition) is 0. The summed E-state index contributed by atoms with van der Waals surface area (Å²) in [5.41, 5.74) is 4.09. The van der Waals surface area contributed by atoms with Crippen LogP contribution < -0.4 is 0 Å². The van der Waals surface area contributed by atoms with Crippen molar-refractivity contribution in [2.45, 2.75) is 91.8 Å². The summed E-state index contributed by atoms with van der Waals surface area (Å²) in [5, 5.41) is 0. The highest BCUT2D eigenvalue weighted by Gasteiger charge is 2.32. The zero-order valence-corrected chi connectivity index (χ0v) is 17.0. The van der Waals surface area contributed by atoms with E-state index in [1.807, 2.05) is 0 Å². The van der Waals surface area contributed by atoms with Gasteiger partial charge in [0, 0.05) is 6.42 Å². The van der Waals surface area contributed by atoms with Crippen LogP contribution in [0.25, 0.3) is 0 Å². The van der Waals surface area contributed by atoms with Gasteiger partial charge in [-0.2, -0.15) is 0 Å². The molecule has 0 saturated carbocycles. The first-order valence-electron chi connectivity index (χ1n) is 8.82. The predicted octanol–water partition coefficient (Wildman–Crippen LogP) is 4.73. The summed E-state index contributed by atoms with van der Waals surface area (Å²) in [4.78, 5) is 0. The second-order valence-corrected chi connectivity index (χ2v) is 12.0. The van der Waals surface area contributed by atoms with E-state index in [2.05, 4.69) is 64.9 Å². The van der Waals surface area contributed by atoms with Gasteiger partial charge >= 0.3 is 0 Å². The maximum atomic E-state index is 5.68. The molecular formula is C18H37NO2Si. The molecule has 0 aromatic carbocycles. The Hall–Kier alpha value is -0.163. The third-order valence-corrected chi connectivity index (χ3v) is 8.04. The normalized spacial score (nSPS) is 19.7. The molecule has 4 heteroatoms. The Morgan fingerprint density at radius 1 is 1.14 bits per heavy atom. The number of nitrogens with zero attached hydrogens (tertiary/aromatic N) is 1. The van der Waals surface area contributed by atoms with Crippen molar-refractivity contribution in [1.29, 1.82) is 0 Å². The first-order valence-corrected chi connectivity index (χ1v) is 11.8. The van der Waals surface area contributed by atoms with Gasteiger partial charge in [0.2, 0.25) is 0 Å². The Labute approximate surface area is 139 Å². The van der Waals surface area contributed by atoms with Gasteiger partial charge in [0.25, 0.3) is 0 Å². The molecule has 1 heterocycles. The van der Waals surface area contributed by atoms with Crippen molar-refractivity contribution in [3.05, 3.63) is 11.3 Å². The zero-order chi connectivity index (χ0) is 17.0. The van der Waals surface area contributed by atoms with Crippen LogP contribution in [0.2, 0.25) is 13.1 Å². The van der Waals surface area contributed by atoms with E-state index >= 15 is 0 Å². The summed E-state index contributed by atoms with van der Waals surface area (Å²) in [5.74, 6) is -0.338. The molecule has 1 aliphatic heterocycles. The van der Waals surface area contributed by atoms with Crippen molar-refractivity contribution in [1.82, 2.24) is 4.57 Å². The van der Waals surface area contributed by atoms with Crippen LogP contribution in [0.4, 0.5) is 0 Å². The molecule has 1 fully saturated rings. The van der Waals surface area contributed by atoms with Crippen molar-refractivity contribution >= 4 is 8.24 Å². The monoisotopic (exact) mass is 327 g/mol. The third-order valence-electron chi connectivity index (χ3n) is 4.48. The van der Waals surface area contributed by atoms with E-state index in [-0.39, 0.29) is 5.79 Å². The van der Waals surface area contributed by atoms with Crippen LogP contribution in [0.1, 0.15) is 60.8 Å². The van der Waals surface area contributed by atoms with Crippen LogP contribution in [0, 0.1) is 0 Å². The number of ether oxygens (including phenoxy) is 2. The number of rotatable bonds is 8. The fraction of sp³-hybridized carbons (Fsp3) is 0.889. The van der Waals surface area contributed by atoms with Crippen LogP contribution in [-0.2, 0) is 9.47 Å². The van der Waals surface area contributed by atoms with E-state index in [4.69, 9.17) is 9.47 Å². The van der Waals surface area contributed by atoms with E-state index in [0.717, 1.165) is 32.5 Å². The van der Waals surface area contributed by atoms with Gasteiger partial charge in [-0.3, -0.25) is 0 Å². The van der Waals surface area contributed by atoms with Crippen molar-refractivity contribution in [2.24, 2.45) is 0 Å². The lowest BCUT2D eigenvalue weighted by molar-refractivity contribution is -0.147. The van der Waals surface area contributed by atoms with Crippen LogP contribution in [0.3, 0.4) is 0 Å². The van der Waals surface area contributed by atoms with Gasteiger partial charge in [0.15, 0.2) is 5.79 Å². The van der Waals surface area contributed by atoms with E-state index in [1.54, 1.807) is 0 Å². The fourth-order valence-electron chi connectivity index (χ4n) is 4.07. The van der Waals surface area contributed by atoms with Gasteiger partial charge in [0.05, 0.1) is 13.2 Å². The Balaban J connectivity index is 2.58. The molecule has 1 saturated heterocycles. The molecule has 130 valence electrons. The summed E-state index contributed by atoms with van der Waals surface area (Å²) in [6, 6.07) is 1.20. The van der Waals surface area contributed by atoms with Gasteiger partial charge < -0.3 is 14.0 Å². The maximum absolute atomic E-state index is 5.68. The third kappa shape index (κ3) is 5.80. The lowest BCUT2D eigenvalue weighted by Crippen LogP contribution is -2.54. The molecule has 0 bridgehead atoms. The quantitative estimate of drug-likeness (QED) is 0.602. The minimum Gasteiger partial charge on any atom is -0.348 e. The molecule has 1 rings (SSSR count). The average molecular weight is 328 g/mol. The van der Waals surface area contributed by atoms with Gasteiger partial charge in [0.1, 0.15) is 8.24 Å². The van der Waals surface area contributed by atoms with Gasteiger partial charge in [-0.15, -0.1) is 0 Å². The summed E-state index contributed by atoms with van der Waals surface area (Å²) in [7, 11) is -1.51. The van der Waals surface area contributed by atoms with Crippen LogP contribution in [0.5, 0.6) is 0 Å². The molecule has 1 aliphatic rings. The van der Waals surface area contributed by atoms with Gasteiger partial charge in [-0.05, 0) is 38.8 Å². The van der Waals surface area contributed by atoms with Gasteiger partial charge in [-0.25, -0.2) is 0 Å². The lowest BCUT2D eigenvalue weighted by Gasteiger charge is -2.42. The summed E-state index contributed by atoms with van der Waals surface area (Å²) >= 11 is 0. The zero-order valence-electron chi connectivity index (χ0n) is 16.0. The van der Waals surface area contributed by atoms with E-state index in [1.165, 1.54) is 5.57 Å². The standard InChI is InChI=1S/C18H37NO2Si/c1-15(2)19(16(3)4)22(7,8)14-17(5)10-9-11-18(6)20-12-13-21-18/h14-16H,9-13H2,1-8H3/b17-14+. The number of allylic oxidation sites excluding steroid dienone is 1. The average Bonchev–Trinajstić information content (AvgIpc) is 2.73. The molecular weight excluding hydrogens is 290 g/mol. The second-order valence-electron chi connectivity index (χ2n) is 7.92. The highest BCUT2D eigenvalue weighted by molar-refractivity contribution is 6.79. The fourth-order valence-corrected chi connectivity index (χ4v) is 8.23. The van der Waals surface area contributed by atoms with Crippen LogP contribution >= 0.6 is 0 Å². The topological polar surface area (TPSA) is 21.7 Å². The molecule has 0 aromatic rings. The Kier molecular flexibility index (Phi) is 7.31. The molecule has 0 atom stereocenters. The van der Waals surface area contributed by atoms with Crippen LogP contribution in [0.15, 0.2) is 11.3 Å². The molecule has 0 unspecified atom stereocenters. The molecule has 0 N–H and O–H groups in total. The first-order chi connectivity index (χ1) is 10.1. The number of hydrogen-bond acceptors (Lipinski definition) is 3. The van der Waals surface area contributed by atoms with Crippen molar-refractivity contribution in [3.63, 3.8) is 0 Å². The maximum Gasteiger partial charge on any atom is 0.165 e. The SMILES string of the molecule is C/C(=C\[Si](C)(C)N(C(C)C)C(C)C)CCCC1(C)OCCO1. The van der Waals surface area contributed by atoms with E-state index in [0.29, 0.717) is 12.1 Å². The molecule has 0 aromatic heterocycles. The molecule has 0 amide bonds. The molecule has 0 spiro atoms. The molecule has 0 radical (unpaired) electrons. The van der Waals surface area contributed by atoms with Crippen molar-refractivity contribution in [3.8, 4) is 0 Å². The highest BCUT2D eigenvalue weighted by atomic mass is 28.3. The van der Waals surface area contributed by atoms with E-state index in [9.17, 15) is 0 Å². The second kappa shape index (κ2) is 8.09. The molecule has 0 aliphatic carbocycles. The van der Waals surface area contributed by atoms with Gasteiger partial charge in [-0.1, -0.05) is 52.1 Å². The Bertz CT molecular complexity index is 363. The molecule has 22 heavy (non-hydrogen) atoms. The minimum atomic E-state index is -1.51. The first kappa shape index (κ1) is 19.9. The predicted molar refractivity (Wildman–Crippen MR) is 97.5 cm³/mol. The largest absolute Gasteiger partial charge is 0.348 e. The van der Waals surface area contributed by atoms with Crippen molar-refractivity contribution < 1.29 is 9.47 Å². The summed E-state index contributed by atoms with van der Waals surface area (Å²) in [6.45, 7) is 20.0. The lowest BCUT2D eigenvalue weighted by atomic mass is 10.1. The smallest absolute Gasteiger partial charge is 0.165 e. The van der Waals surface area contributed by atoms with E-state index < -0.39 is 8.24 Å². The van der Waals surface area contributed by atoms with Crippen molar-refractivity contribution in [2.75, 3.05) is 13.2 Å². The minimum absolute atomic E-state index is 0.338. The summed E-state index contributed by atoms with van der Waals surface area (Å²) in [6.07, 6.45) is 3.26. The Morgan fingerprint density at radius 2 is 1.64 bits per heavy atom. The van der Waals surface area contributed by atoms with Crippen LogP contribution in [-0.4, -0.2) is 43.9 Å². The highest BCUT2D eigenvalue weighted by Crippen LogP contribution is 2.27. The summed E-state index contributed by atoms with van der Waals surface area (Å²) < 4.78 is 14.1.